The fourth-order valence-corrected chi connectivity index (χ4v) is 3.24. The summed E-state index contributed by atoms with van der Waals surface area (Å²) >= 11 is 0. The smallest absolute Gasteiger partial charge is 0.323 e. The number of anilines is 1. The lowest BCUT2D eigenvalue weighted by atomic mass is 10.2. The zero-order valence-electron chi connectivity index (χ0n) is 13.9. The second-order valence-corrected chi connectivity index (χ2v) is 6.65. The second kappa shape index (κ2) is 7.98. The first-order valence-corrected chi connectivity index (χ1v) is 8.30. The van der Waals surface area contributed by atoms with Crippen LogP contribution < -0.4 is 10.9 Å². The Morgan fingerprint density at radius 3 is 2.83 bits per heavy atom. The van der Waals surface area contributed by atoms with Crippen molar-refractivity contribution in [3.63, 3.8) is 0 Å². The monoisotopic (exact) mass is 356 g/mol. The van der Waals surface area contributed by atoms with Crippen LogP contribution in [0.5, 0.6) is 0 Å². The van der Waals surface area contributed by atoms with Crippen molar-refractivity contribution in [3.8, 4) is 0 Å². The van der Waals surface area contributed by atoms with E-state index in [4.69, 9.17) is 5.11 Å². The number of halogens is 1. The van der Waals surface area contributed by atoms with E-state index < -0.39 is 5.97 Å². The Labute approximate surface area is 147 Å². The van der Waals surface area contributed by atoms with Gasteiger partial charge in [0.25, 0.3) is 5.56 Å². The average molecular weight is 357 g/mol. The fraction of sp³-hybridized carbons (Fsp3) is 0.688. The van der Waals surface area contributed by atoms with Crippen LogP contribution in [0.2, 0.25) is 0 Å². The normalized spacial score (nSPS) is 20.6. The number of carboxylic acids is 1. The number of nitrogens with one attached hydrogen (secondary N) is 1. The van der Waals surface area contributed by atoms with Crippen molar-refractivity contribution < 1.29 is 9.90 Å². The molecule has 2 fully saturated rings. The largest absolute Gasteiger partial charge is 0.480 e. The van der Waals surface area contributed by atoms with Gasteiger partial charge in [0.15, 0.2) is 5.82 Å². The molecule has 1 aromatic heterocycles. The number of nitrogens with zero attached hydrogens (tertiary/aromatic N) is 3. The molecule has 0 aromatic carbocycles. The molecule has 1 aliphatic carbocycles. The van der Waals surface area contributed by atoms with E-state index in [9.17, 15) is 9.59 Å². The molecule has 1 aromatic rings. The number of hydrogen-bond donors (Lipinski definition) is 2. The Bertz CT molecular complexity index is 645. The molecule has 1 saturated carbocycles. The molecule has 1 saturated heterocycles. The van der Waals surface area contributed by atoms with Gasteiger partial charge in [-0.05, 0) is 45.1 Å². The SMILES string of the molecule is Cc1cnc(NC[C@H]2CCCN2CC2CC2)c(=O)n1CC(=O)O.Cl. The van der Waals surface area contributed by atoms with Crippen molar-refractivity contribution in [2.45, 2.75) is 45.2 Å². The summed E-state index contributed by atoms with van der Waals surface area (Å²) in [6.07, 6.45) is 6.56. The van der Waals surface area contributed by atoms with Crippen LogP contribution in [0.1, 0.15) is 31.4 Å². The van der Waals surface area contributed by atoms with E-state index in [1.165, 1.54) is 23.8 Å². The molecule has 3 rings (SSSR count). The van der Waals surface area contributed by atoms with Gasteiger partial charge in [0.2, 0.25) is 0 Å². The molecule has 2 heterocycles. The van der Waals surface area contributed by atoms with Crippen LogP contribution in [0.4, 0.5) is 5.82 Å². The molecule has 2 aliphatic rings. The number of hydrogen-bond acceptors (Lipinski definition) is 5. The average Bonchev–Trinajstić information content (AvgIpc) is 3.21. The number of rotatable bonds is 7. The van der Waals surface area contributed by atoms with Crippen LogP contribution in [-0.4, -0.2) is 51.2 Å². The summed E-state index contributed by atoms with van der Waals surface area (Å²) in [7, 11) is 0. The van der Waals surface area contributed by atoms with Gasteiger partial charge < -0.3 is 10.4 Å². The number of carboxylic acid groups (broad SMARTS) is 1. The van der Waals surface area contributed by atoms with Crippen LogP contribution in [-0.2, 0) is 11.3 Å². The van der Waals surface area contributed by atoms with E-state index in [0.717, 1.165) is 25.4 Å². The van der Waals surface area contributed by atoms with Gasteiger partial charge in [-0.1, -0.05) is 0 Å². The van der Waals surface area contributed by atoms with Gasteiger partial charge in [-0.3, -0.25) is 19.1 Å². The van der Waals surface area contributed by atoms with Crippen molar-refractivity contribution in [2.24, 2.45) is 5.92 Å². The molecule has 0 radical (unpaired) electrons. The number of aryl methyl sites for hydroxylation is 1. The highest BCUT2D eigenvalue weighted by Crippen LogP contribution is 2.32. The van der Waals surface area contributed by atoms with Gasteiger partial charge in [0.05, 0.1) is 0 Å². The standard InChI is InChI=1S/C16H24N4O3.ClH/c1-11-7-17-15(16(23)20(11)10-14(21)22)18-8-13-3-2-6-19(13)9-12-4-5-12;/h7,12-13H,2-6,8-10H2,1H3,(H,17,18)(H,21,22);1H/t13-;/m1./s1. The lowest BCUT2D eigenvalue weighted by molar-refractivity contribution is -0.137. The summed E-state index contributed by atoms with van der Waals surface area (Å²) in [6, 6.07) is 0.436. The Hall–Kier alpha value is -1.60. The van der Waals surface area contributed by atoms with E-state index in [1.807, 2.05) is 0 Å². The van der Waals surface area contributed by atoms with Crippen molar-refractivity contribution >= 4 is 24.2 Å². The van der Waals surface area contributed by atoms with Gasteiger partial charge in [-0.25, -0.2) is 4.98 Å². The van der Waals surface area contributed by atoms with Crippen LogP contribution in [0.25, 0.3) is 0 Å². The van der Waals surface area contributed by atoms with Crippen molar-refractivity contribution in [1.82, 2.24) is 14.5 Å². The predicted molar refractivity (Wildman–Crippen MR) is 93.9 cm³/mol. The molecule has 1 atom stereocenters. The molecule has 0 amide bonds. The highest BCUT2D eigenvalue weighted by atomic mass is 35.5. The minimum Gasteiger partial charge on any atom is -0.480 e. The lowest BCUT2D eigenvalue weighted by Crippen LogP contribution is -2.38. The topological polar surface area (TPSA) is 87.5 Å². The van der Waals surface area contributed by atoms with Gasteiger partial charge in [0.1, 0.15) is 6.54 Å². The van der Waals surface area contributed by atoms with Crippen LogP contribution in [0, 0.1) is 12.8 Å². The summed E-state index contributed by atoms with van der Waals surface area (Å²) in [6.45, 7) is 4.34. The maximum atomic E-state index is 12.4. The van der Waals surface area contributed by atoms with Crippen LogP contribution >= 0.6 is 12.4 Å². The third kappa shape index (κ3) is 4.48. The molecular formula is C16H25ClN4O3. The molecular weight excluding hydrogens is 332 g/mol. The quantitative estimate of drug-likeness (QED) is 0.766. The number of aromatic nitrogens is 2. The first-order valence-electron chi connectivity index (χ1n) is 8.30. The van der Waals surface area contributed by atoms with Crippen molar-refractivity contribution in [1.29, 1.82) is 0 Å². The minimum atomic E-state index is -1.03. The molecule has 2 N–H and O–H groups in total. The summed E-state index contributed by atoms with van der Waals surface area (Å²) in [4.78, 5) is 29.9. The first kappa shape index (κ1) is 18.7. The zero-order valence-corrected chi connectivity index (χ0v) is 14.7. The van der Waals surface area contributed by atoms with E-state index in [-0.39, 0.29) is 30.3 Å². The molecule has 8 heteroatoms. The lowest BCUT2D eigenvalue weighted by Gasteiger charge is -2.24. The summed E-state index contributed by atoms with van der Waals surface area (Å²) < 4.78 is 1.24. The molecule has 1 aliphatic heterocycles. The molecule has 0 spiro atoms. The second-order valence-electron chi connectivity index (χ2n) is 6.65. The zero-order chi connectivity index (χ0) is 16.4. The Kier molecular flexibility index (Phi) is 6.23. The summed E-state index contributed by atoms with van der Waals surface area (Å²) in [5.74, 6) is 0.0785. The fourth-order valence-electron chi connectivity index (χ4n) is 3.24. The van der Waals surface area contributed by atoms with Crippen molar-refractivity contribution in [2.75, 3.05) is 25.0 Å². The predicted octanol–water partition coefficient (Wildman–Crippen LogP) is 1.34. The Morgan fingerprint density at radius 1 is 1.42 bits per heavy atom. The van der Waals surface area contributed by atoms with Gasteiger partial charge in [-0.15, -0.1) is 12.4 Å². The molecule has 24 heavy (non-hydrogen) atoms. The highest BCUT2D eigenvalue weighted by Gasteiger charge is 2.30. The van der Waals surface area contributed by atoms with Crippen LogP contribution in [0.15, 0.2) is 11.0 Å². The number of aliphatic carboxylic acids is 1. The molecule has 7 nitrogen and oxygen atoms in total. The Morgan fingerprint density at radius 2 is 2.17 bits per heavy atom. The number of carbonyl (C=O) groups is 1. The van der Waals surface area contributed by atoms with Gasteiger partial charge in [-0.2, -0.15) is 0 Å². The maximum absolute atomic E-state index is 12.4. The molecule has 0 bridgehead atoms. The van der Waals surface area contributed by atoms with E-state index in [2.05, 4.69) is 15.2 Å². The summed E-state index contributed by atoms with van der Waals surface area (Å²) in [5, 5.41) is 12.1. The summed E-state index contributed by atoms with van der Waals surface area (Å²) in [5.41, 5.74) is 0.193. The van der Waals surface area contributed by atoms with E-state index >= 15 is 0 Å². The molecule has 0 unspecified atom stereocenters. The Balaban J connectivity index is 0.00000208. The third-order valence-electron chi connectivity index (χ3n) is 4.74. The first-order chi connectivity index (χ1) is 11.0. The van der Waals surface area contributed by atoms with Gasteiger partial charge in [0, 0.05) is 31.0 Å². The van der Waals surface area contributed by atoms with E-state index in [0.29, 0.717) is 18.3 Å². The molecule has 134 valence electrons. The highest BCUT2D eigenvalue weighted by molar-refractivity contribution is 5.85. The van der Waals surface area contributed by atoms with Crippen molar-refractivity contribution in [3.05, 3.63) is 22.2 Å². The number of likely N-dealkylation sites (tertiary alicyclic amines) is 1. The minimum absolute atomic E-state index is 0. The van der Waals surface area contributed by atoms with Gasteiger partial charge >= 0.3 is 5.97 Å². The van der Waals surface area contributed by atoms with E-state index in [1.54, 1.807) is 13.1 Å². The third-order valence-corrected chi connectivity index (χ3v) is 4.74. The maximum Gasteiger partial charge on any atom is 0.323 e. The van der Waals surface area contributed by atoms with Crippen LogP contribution in [0.3, 0.4) is 0 Å².